The highest BCUT2D eigenvalue weighted by Crippen LogP contribution is 2.11. The first-order valence-corrected chi connectivity index (χ1v) is 2.64. The Hall–Kier alpha value is -0.110. The predicted molar refractivity (Wildman–Crippen MR) is 26.9 cm³/mol. The van der Waals surface area contributed by atoms with E-state index in [1.807, 2.05) is 6.92 Å². The Morgan fingerprint density at radius 3 is 2.57 bits per heavy atom. The van der Waals surface area contributed by atoms with Crippen LogP contribution in [0.15, 0.2) is 0 Å². The number of nitrogens with one attached hydrogen (secondary N) is 1. The van der Waals surface area contributed by atoms with E-state index in [1.165, 1.54) is 0 Å². The molecule has 1 saturated heterocycles. The summed E-state index contributed by atoms with van der Waals surface area (Å²) < 4.78 is 11.6. The fourth-order valence-corrected chi connectivity index (χ4v) is 0.708. The molecule has 0 aromatic rings. The molecule has 2 heteroatoms. The molecule has 0 aliphatic carbocycles. The molecule has 7 heavy (non-hydrogen) atoms. The molecule has 0 radical (unpaired) electrons. The molecule has 42 valence electrons. The highest BCUT2D eigenvalue weighted by Gasteiger charge is 2.24. The van der Waals surface area contributed by atoms with Gasteiger partial charge in [0.2, 0.25) is 0 Å². The molecular formula is C5H10FN. The van der Waals surface area contributed by atoms with E-state index in [0.717, 1.165) is 6.54 Å². The third-order valence-electron chi connectivity index (χ3n) is 1.61. The zero-order valence-corrected chi connectivity index (χ0v) is 4.45. The Morgan fingerprint density at radius 2 is 2.57 bits per heavy atom. The molecule has 1 fully saturated rings. The lowest BCUT2D eigenvalue weighted by atomic mass is 9.95. The van der Waals surface area contributed by atoms with E-state index in [0.29, 0.717) is 12.0 Å². The fraction of sp³-hybridized carbons (Fsp3) is 1.00. The van der Waals surface area contributed by atoms with E-state index in [4.69, 9.17) is 0 Å². The van der Waals surface area contributed by atoms with Gasteiger partial charge in [0.15, 0.2) is 0 Å². The molecule has 0 saturated carbocycles. The Labute approximate surface area is 42.9 Å². The summed E-state index contributed by atoms with van der Waals surface area (Å²) in [7, 11) is 0. The molecule has 1 rings (SSSR count). The quantitative estimate of drug-likeness (QED) is 0.511. The standard InChI is InChI=1S/C5H10FN/c1-4-5(2-6)3-7-4/h4-5,7H,2-3H2,1H3/t4-,5?/m1/s1. The van der Waals surface area contributed by atoms with Crippen LogP contribution in [0.3, 0.4) is 0 Å². The van der Waals surface area contributed by atoms with Crippen LogP contribution in [0.2, 0.25) is 0 Å². The van der Waals surface area contributed by atoms with Crippen LogP contribution in [0.5, 0.6) is 0 Å². The largest absolute Gasteiger partial charge is 0.313 e. The van der Waals surface area contributed by atoms with Crippen LogP contribution in [0.25, 0.3) is 0 Å². The minimum absolute atomic E-state index is 0.159. The molecular weight excluding hydrogens is 93.1 g/mol. The van der Waals surface area contributed by atoms with Gasteiger partial charge in [0.05, 0.1) is 6.67 Å². The minimum Gasteiger partial charge on any atom is -0.313 e. The van der Waals surface area contributed by atoms with Crippen LogP contribution in [0.4, 0.5) is 4.39 Å². The summed E-state index contributed by atoms with van der Waals surface area (Å²) in [4.78, 5) is 0. The molecule has 1 heterocycles. The molecule has 0 aromatic heterocycles. The maximum Gasteiger partial charge on any atom is 0.0949 e. The van der Waals surface area contributed by atoms with Gasteiger partial charge in [-0.05, 0) is 6.92 Å². The van der Waals surface area contributed by atoms with Gasteiger partial charge in [-0.2, -0.15) is 0 Å². The second-order valence-electron chi connectivity index (χ2n) is 2.11. The molecule has 1 aliphatic rings. The summed E-state index contributed by atoms with van der Waals surface area (Å²) in [6, 6.07) is 0.421. The van der Waals surface area contributed by atoms with Gasteiger partial charge in [-0.1, -0.05) is 0 Å². The highest BCUT2D eigenvalue weighted by molar-refractivity contribution is 4.83. The SMILES string of the molecule is C[C@H]1NCC1CF. The highest BCUT2D eigenvalue weighted by atomic mass is 19.1. The van der Waals surface area contributed by atoms with Crippen molar-refractivity contribution < 1.29 is 4.39 Å². The third-order valence-corrected chi connectivity index (χ3v) is 1.61. The summed E-state index contributed by atoms with van der Waals surface area (Å²) in [5.74, 6) is 0.306. The maximum atomic E-state index is 11.6. The molecule has 1 aliphatic heterocycles. The van der Waals surface area contributed by atoms with Gasteiger partial charge in [0, 0.05) is 18.5 Å². The van der Waals surface area contributed by atoms with E-state index < -0.39 is 0 Å². The van der Waals surface area contributed by atoms with Crippen molar-refractivity contribution in [2.75, 3.05) is 13.2 Å². The summed E-state index contributed by atoms with van der Waals surface area (Å²) in [5, 5.41) is 3.07. The van der Waals surface area contributed by atoms with Gasteiger partial charge in [-0.15, -0.1) is 0 Å². The zero-order chi connectivity index (χ0) is 5.28. The van der Waals surface area contributed by atoms with Gasteiger partial charge in [0.1, 0.15) is 0 Å². The van der Waals surface area contributed by atoms with Crippen molar-refractivity contribution in [3.63, 3.8) is 0 Å². The number of rotatable bonds is 1. The number of hydrogen-bond donors (Lipinski definition) is 1. The topological polar surface area (TPSA) is 12.0 Å². The Kier molecular flexibility index (Phi) is 1.28. The molecule has 1 N–H and O–H groups in total. The second-order valence-corrected chi connectivity index (χ2v) is 2.11. The van der Waals surface area contributed by atoms with E-state index >= 15 is 0 Å². The van der Waals surface area contributed by atoms with Crippen molar-refractivity contribution in [2.24, 2.45) is 5.92 Å². The van der Waals surface area contributed by atoms with Gasteiger partial charge in [-0.25, -0.2) is 0 Å². The number of halogens is 1. The minimum atomic E-state index is -0.159. The van der Waals surface area contributed by atoms with E-state index in [9.17, 15) is 4.39 Å². The van der Waals surface area contributed by atoms with Crippen molar-refractivity contribution in [3.8, 4) is 0 Å². The first kappa shape index (κ1) is 5.04. The van der Waals surface area contributed by atoms with Crippen LogP contribution < -0.4 is 5.32 Å². The van der Waals surface area contributed by atoms with Crippen molar-refractivity contribution in [2.45, 2.75) is 13.0 Å². The number of alkyl halides is 1. The first-order valence-electron chi connectivity index (χ1n) is 2.64. The summed E-state index contributed by atoms with van der Waals surface area (Å²) in [6.45, 7) is 2.72. The third kappa shape index (κ3) is 0.752. The Bertz CT molecular complexity index is 63.1. The van der Waals surface area contributed by atoms with Gasteiger partial charge >= 0.3 is 0 Å². The van der Waals surface area contributed by atoms with Crippen LogP contribution in [-0.2, 0) is 0 Å². The molecule has 0 amide bonds. The number of hydrogen-bond acceptors (Lipinski definition) is 1. The van der Waals surface area contributed by atoms with Crippen LogP contribution in [0.1, 0.15) is 6.92 Å². The average Bonchev–Trinajstić information content (AvgIpc) is 1.65. The van der Waals surface area contributed by atoms with Crippen molar-refractivity contribution >= 4 is 0 Å². The lowest BCUT2D eigenvalue weighted by Crippen LogP contribution is -2.51. The molecule has 1 nitrogen and oxygen atoms in total. The van der Waals surface area contributed by atoms with Gasteiger partial charge in [-0.3, -0.25) is 4.39 Å². The molecule has 0 spiro atoms. The van der Waals surface area contributed by atoms with Gasteiger partial charge < -0.3 is 5.32 Å². The molecule has 1 unspecified atom stereocenters. The fourth-order valence-electron chi connectivity index (χ4n) is 0.708. The van der Waals surface area contributed by atoms with E-state index in [1.54, 1.807) is 0 Å². The summed E-state index contributed by atoms with van der Waals surface area (Å²) in [6.07, 6.45) is 0. The van der Waals surface area contributed by atoms with Crippen LogP contribution in [0, 0.1) is 5.92 Å². The summed E-state index contributed by atoms with van der Waals surface area (Å²) >= 11 is 0. The predicted octanol–water partition coefficient (Wildman–Crippen LogP) is 0.564. The smallest absolute Gasteiger partial charge is 0.0949 e. The summed E-state index contributed by atoms with van der Waals surface area (Å²) in [5.41, 5.74) is 0. The lowest BCUT2D eigenvalue weighted by molar-refractivity contribution is 0.199. The van der Waals surface area contributed by atoms with Crippen molar-refractivity contribution in [1.29, 1.82) is 0 Å². The first-order chi connectivity index (χ1) is 3.34. The van der Waals surface area contributed by atoms with Crippen LogP contribution in [-0.4, -0.2) is 19.3 Å². The lowest BCUT2D eigenvalue weighted by Gasteiger charge is -2.32. The van der Waals surface area contributed by atoms with E-state index in [2.05, 4.69) is 5.32 Å². The van der Waals surface area contributed by atoms with E-state index in [-0.39, 0.29) is 6.67 Å². The normalized spacial score (nSPS) is 40.3. The maximum absolute atomic E-state index is 11.6. The molecule has 2 atom stereocenters. The molecule has 0 bridgehead atoms. The van der Waals surface area contributed by atoms with Gasteiger partial charge in [0.25, 0.3) is 0 Å². The van der Waals surface area contributed by atoms with Crippen molar-refractivity contribution in [1.82, 2.24) is 5.32 Å². The average molecular weight is 103 g/mol. The second kappa shape index (κ2) is 1.78. The van der Waals surface area contributed by atoms with Crippen molar-refractivity contribution in [3.05, 3.63) is 0 Å². The zero-order valence-electron chi connectivity index (χ0n) is 4.45. The monoisotopic (exact) mass is 103 g/mol. The Morgan fingerprint density at radius 1 is 1.86 bits per heavy atom. The molecule has 0 aromatic carbocycles. The Balaban J connectivity index is 2.16. The van der Waals surface area contributed by atoms with Crippen LogP contribution >= 0.6 is 0 Å².